The molecule has 302 valence electrons. The lowest BCUT2D eigenvalue weighted by Crippen LogP contribution is -2.19. The van der Waals surface area contributed by atoms with Crippen LogP contribution < -0.4 is 4.90 Å². The highest BCUT2D eigenvalue weighted by Gasteiger charge is 2.36. The molecule has 62 heavy (non-hydrogen) atoms. The molecule has 0 heterocycles. The zero-order valence-corrected chi connectivity index (χ0v) is 36.3. The topological polar surface area (TPSA) is 3.24 Å². The molecular formula is C61H53N. The highest BCUT2D eigenvalue weighted by molar-refractivity contribution is 5.86. The normalized spacial score (nSPS) is 14.8. The van der Waals surface area contributed by atoms with Crippen LogP contribution in [0, 0.1) is 6.92 Å². The number of fused-ring (bicyclic) bond motifs is 3. The molecule has 1 unspecified atom stereocenters. The molecule has 0 bridgehead atoms. The third-order valence-corrected chi connectivity index (χ3v) is 13.4. The van der Waals surface area contributed by atoms with Gasteiger partial charge in [-0.3, -0.25) is 0 Å². The lowest BCUT2D eigenvalue weighted by atomic mass is 9.81. The fourth-order valence-electron chi connectivity index (χ4n) is 10.0. The van der Waals surface area contributed by atoms with Gasteiger partial charge in [0.25, 0.3) is 0 Å². The van der Waals surface area contributed by atoms with Gasteiger partial charge in [0.15, 0.2) is 0 Å². The highest BCUT2D eigenvalue weighted by atomic mass is 15.1. The smallest absolute Gasteiger partial charge is 0.0464 e. The number of aryl methyl sites for hydroxylation is 1. The first kappa shape index (κ1) is 39.2. The Morgan fingerprint density at radius 1 is 0.500 bits per heavy atom. The quantitative estimate of drug-likeness (QED) is 0.133. The summed E-state index contributed by atoms with van der Waals surface area (Å²) in [4.78, 5) is 2.47. The molecular weight excluding hydrogens is 747 g/mol. The standard InChI is InChI=1S/C61H53N/c1-5-15-55-54(22-14-23-56(55)53-21-13-12-16-42(53)2)48-30-35-51(36-31-48)62(50-33-28-47(29-34-50)46-26-24-45(25-27-46)43-17-8-6-9-18-43)52-37-39-58-57-38-32-49(44-19-10-7-11-20-44)40-59(57)61(3,4)60(58)41-52/h6-14,16-30,32-41,48H,5,15,31H2,1-4H3. The molecule has 0 spiro atoms. The van der Waals surface area contributed by atoms with E-state index in [1.807, 2.05) is 0 Å². The average Bonchev–Trinajstić information content (AvgIpc) is 3.55. The Hall–Kier alpha value is -6.96. The number of benzene rings is 8. The summed E-state index contributed by atoms with van der Waals surface area (Å²) in [6, 6.07) is 69.4. The maximum Gasteiger partial charge on any atom is 0.0464 e. The van der Waals surface area contributed by atoms with E-state index in [2.05, 4.69) is 239 Å². The Bertz CT molecular complexity index is 2950. The van der Waals surface area contributed by atoms with Crippen molar-refractivity contribution in [3.63, 3.8) is 0 Å². The molecule has 0 fully saturated rings. The van der Waals surface area contributed by atoms with E-state index >= 15 is 0 Å². The molecule has 0 aliphatic heterocycles. The van der Waals surface area contributed by atoms with Crippen LogP contribution in [-0.4, -0.2) is 0 Å². The molecule has 10 rings (SSSR count). The van der Waals surface area contributed by atoms with Crippen molar-refractivity contribution in [1.29, 1.82) is 0 Å². The molecule has 1 atom stereocenters. The van der Waals surface area contributed by atoms with Crippen molar-refractivity contribution in [3.05, 3.63) is 240 Å². The van der Waals surface area contributed by atoms with Crippen molar-refractivity contribution in [3.8, 4) is 55.6 Å². The first-order valence-corrected chi connectivity index (χ1v) is 22.3. The highest BCUT2D eigenvalue weighted by Crippen LogP contribution is 2.51. The second-order valence-electron chi connectivity index (χ2n) is 17.6. The summed E-state index contributed by atoms with van der Waals surface area (Å²) >= 11 is 0. The summed E-state index contributed by atoms with van der Waals surface area (Å²) < 4.78 is 0. The molecule has 0 radical (unpaired) electrons. The summed E-state index contributed by atoms with van der Waals surface area (Å²) in [5, 5.41) is 0. The van der Waals surface area contributed by atoms with E-state index in [-0.39, 0.29) is 5.41 Å². The second kappa shape index (κ2) is 16.5. The van der Waals surface area contributed by atoms with Crippen LogP contribution in [0.5, 0.6) is 0 Å². The molecule has 2 aliphatic rings. The van der Waals surface area contributed by atoms with E-state index < -0.39 is 0 Å². The summed E-state index contributed by atoms with van der Waals surface area (Å²) in [7, 11) is 0. The van der Waals surface area contributed by atoms with Crippen LogP contribution in [0.3, 0.4) is 0 Å². The van der Waals surface area contributed by atoms with Crippen molar-refractivity contribution < 1.29 is 0 Å². The van der Waals surface area contributed by atoms with Gasteiger partial charge >= 0.3 is 0 Å². The number of rotatable bonds is 10. The molecule has 0 N–H and O–H groups in total. The Kier molecular flexibility index (Phi) is 10.4. The predicted octanol–water partition coefficient (Wildman–Crippen LogP) is 16.7. The Balaban J connectivity index is 1.02. The van der Waals surface area contributed by atoms with Crippen LogP contribution in [0.4, 0.5) is 11.4 Å². The van der Waals surface area contributed by atoms with E-state index in [1.54, 1.807) is 0 Å². The fourth-order valence-corrected chi connectivity index (χ4v) is 10.0. The van der Waals surface area contributed by atoms with Gasteiger partial charge in [-0.25, -0.2) is 0 Å². The SMILES string of the molecule is CCCc1c(-c2ccccc2C)cccc1C1C=CC(N(c2ccc(-c3ccc(-c4ccccc4)cc3)cc2)c2ccc3c(c2)C(C)(C)c2cc(-c4ccccc4)ccc2-3)=CC1. The Morgan fingerprint density at radius 3 is 1.66 bits per heavy atom. The molecule has 2 aliphatic carbocycles. The van der Waals surface area contributed by atoms with Crippen LogP contribution in [0.25, 0.3) is 55.6 Å². The lowest BCUT2D eigenvalue weighted by Gasteiger charge is -2.31. The van der Waals surface area contributed by atoms with Crippen LogP contribution in [0.1, 0.15) is 67.3 Å². The Labute approximate surface area is 368 Å². The predicted molar refractivity (Wildman–Crippen MR) is 264 cm³/mol. The number of hydrogen-bond acceptors (Lipinski definition) is 1. The third kappa shape index (κ3) is 7.22. The molecule has 0 amide bonds. The van der Waals surface area contributed by atoms with Crippen LogP contribution in [0.2, 0.25) is 0 Å². The second-order valence-corrected chi connectivity index (χ2v) is 17.6. The number of nitrogens with zero attached hydrogens (tertiary/aromatic N) is 1. The van der Waals surface area contributed by atoms with Gasteiger partial charge in [-0.15, -0.1) is 0 Å². The van der Waals surface area contributed by atoms with Gasteiger partial charge in [0.05, 0.1) is 0 Å². The third-order valence-electron chi connectivity index (χ3n) is 13.4. The number of anilines is 2. The first-order valence-electron chi connectivity index (χ1n) is 22.3. The van der Waals surface area contributed by atoms with Crippen molar-refractivity contribution in [2.45, 2.75) is 58.3 Å². The van der Waals surface area contributed by atoms with Crippen molar-refractivity contribution in [2.75, 3.05) is 4.90 Å². The maximum atomic E-state index is 2.47. The summed E-state index contributed by atoms with van der Waals surface area (Å²) in [5.41, 5.74) is 23.1. The van der Waals surface area contributed by atoms with E-state index in [0.717, 1.165) is 24.9 Å². The van der Waals surface area contributed by atoms with Gasteiger partial charge in [0.1, 0.15) is 0 Å². The summed E-state index contributed by atoms with van der Waals surface area (Å²) in [6.45, 7) is 9.31. The van der Waals surface area contributed by atoms with Gasteiger partial charge in [-0.05, 0) is 140 Å². The molecule has 8 aromatic rings. The van der Waals surface area contributed by atoms with Gasteiger partial charge in [0.2, 0.25) is 0 Å². The minimum atomic E-state index is -0.160. The van der Waals surface area contributed by atoms with Crippen LogP contribution in [-0.2, 0) is 11.8 Å². The fraction of sp³-hybridized carbons (Fsp3) is 0.148. The van der Waals surface area contributed by atoms with Gasteiger partial charge in [0, 0.05) is 28.4 Å². The Morgan fingerprint density at radius 2 is 1.03 bits per heavy atom. The first-order chi connectivity index (χ1) is 30.4. The molecule has 0 saturated carbocycles. The molecule has 0 saturated heterocycles. The van der Waals surface area contributed by atoms with Crippen molar-refractivity contribution in [2.24, 2.45) is 0 Å². The zero-order valence-electron chi connectivity index (χ0n) is 36.3. The minimum Gasteiger partial charge on any atom is -0.311 e. The lowest BCUT2D eigenvalue weighted by molar-refractivity contribution is 0.660. The summed E-state index contributed by atoms with van der Waals surface area (Å²) in [5.74, 6) is 0.305. The molecule has 1 nitrogen and oxygen atoms in total. The molecule has 8 aromatic carbocycles. The van der Waals surface area contributed by atoms with Gasteiger partial charge < -0.3 is 4.90 Å². The van der Waals surface area contributed by atoms with Crippen molar-refractivity contribution >= 4 is 11.4 Å². The number of allylic oxidation sites excluding steroid dienone is 3. The number of hydrogen-bond donors (Lipinski definition) is 0. The average molecular weight is 800 g/mol. The summed E-state index contributed by atoms with van der Waals surface area (Å²) in [6.07, 6.45) is 10.4. The molecule has 0 aromatic heterocycles. The van der Waals surface area contributed by atoms with E-state index in [9.17, 15) is 0 Å². The van der Waals surface area contributed by atoms with Crippen LogP contribution >= 0.6 is 0 Å². The van der Waals surface area contributed by atoms with Gasteiger partial charge in [-0.1, -0.05) is 197 Å². The van der Waals surface area contributed by atoms with E-state index in [4.69, 9.17) is 0 Å². The maximum absolute atomic E-state index is 2.47. The minimum absolute atomic E-state index is 0.160. The van der Waals surface area contributed by atoms with Gasteiger partial charge in [-0.2, -0.15) is 0 Å². The van der Waals surface area contributed by atoms with E-state index in [0.29, 0.717) is 5.92 Å². The van der Waals surface area contributed by atoms with Crippen molar-refractivity contribution in [1.82, 2.24) is 0 Å². The monoisotopic (exact) mass is 799 g/mol. The largest absolute Gasteiger partial charge is 0.311 e. The molecule has 1 heteroatoms. The van der Waals surface area contributed by atoms with E-state index in [1.165, 1.54) is 94.8 Å². The van der Waals surface area contributed by atoms with Crippen LogP contribution in [0.15, 0.2) is 212 Å². The zero-order chi connectivity index (χ0) is 42.2.